The number of primary amides is 1. The lowest BCUT2D eigenvalue weighted by molar-refractivity contribution is -0.176. The highest BCUT2D eigenvalue weighted by Gasteiger charge is 2.37. The average Bonchev–Trinajstić information content (AvgIpc) is 3.01. The first-order chi connectivity index (χ1) is 20.3. The molecule has 5 amide bonds. The summed E-state index contributed by atoms with van der Waals surface area (Å²) in [4.78, 5) is 64.2. The number of amides is 5. The molecule has 0 aromatic heterocycles. The molecule has 0 atom stereocenters. The molecule has 3 aromatic rings. The Labute approximate surface area is 244 Å². The molecule has 10 nitrogen and oxygen atoms in total. The summed E-state index contributed by atoms with van der Waals surface area (Å²) in [6.45, 7) is 0.000524. The van der Waals surface area contributed by atoms with Gasteiger partial charge in [-0.05, 0) is 29.5 Å². The quantitative estimate of drug-likeness (QED) is 0.267. The van der Waals surface area contributed by atoms with Crippen molar-refractivity contribution in [2.45, 2.75) is 50.5 Å². The fourth-order valence-electron chi connectivity index (χ4n) is 5.21. The Morgan fingerprint density at radius 1 is 0.738 bits per heavy atom. The molecular weight excluding hydrogens is 534 g/mol. The van der Waals surface area contributed by atoms with Crippen LogP contribution in [0.4, 0.5) is 0 Å². The smallest absolute Gasteiger partial charge is 0.328 e. The normalized spacial score (nSPS) is 13.4. The highest BCUT2D eigenvalue weighted by Crippen LogP contribution is 2.29. The highest BCUT2D eigenvalue weighted by atomic mass is 16.2. The van der Waals surface area contributed by atoms with Crippen molar-refractivity contribution in [2.24, 2.45) is 5.73 Å². The Kier molecular flexibility index (Phi) is 10.5. The summed E-state index contributed by atoms with van der Waals surface area (Å²) < 4.78 is 0. The molecule has 0 aliphatic heterocycles. The molecule has 0 saturated heterocycles. The minimum Gasteiger partial charge on any atom is -0.361 e. The summed E-state index contributed by atoms with van der Waals surface area (Å²) in [5.41, 5.74) is 10.2. The van der Waals surface area contributed by atoms with Crippen LogP contribution in [0.1, 0.15) is 54.7 Å². The van der Waals surface area contributed by atoms with Gasteiger partial charge in [0.05, 0.1) is 19.0 Å². The predicted octanol–water partition coefficient (Wildman–Crippen LogP) is 2.60. The second-order valence-corrected chi connectivity index (χ2v) is 10.2. The summed E-state index contributed by atoms with van der Waals surface area (Å²) in [7, 11) is 0. The minimum absolute atomic E-state index is 0.000524. The lowest BCUT2D eigenvalue weighted by Gasteiger charge is -2.42. The van der Waals surface area contributed by atoms with Crippen LogP contribution in [0, 0.1) is 0 Å². The Bertz CT molecular complexity index is 1340. The maximum atomic E-state index is 13.8. The van der Waals surface area contributed by atoms with E-state index in [2.05, 4.69) is 10.7 Å². The van der Waals surface area contributed by atoms with Crippen LogP contribution in [0.15, 0.2) is 91.0 Å². The van der Waals surface area contributed by atoms with Gasteiger partial charge in [0.15, 0.2) is 0 Å². The molecule has 0 unspecified atom stereocenters. The van der Waals surface area contributed by atoms with E-state index in [-0.39, 0.29) is 18.9 Å². The third kappa shape index (κ3) is 8.11. The first-order valence-corrected chi connectivity index (χ1v) is 14.0. The molecule has 0 bridgehead atoms. The lowest BCUT2D eigenvalue weighted by atomic mass is 9.91. The summed E-state index contributed by atoms with van der Waals surface area (Å²) in [6.07, 6.45) is 3.63. The predicted molar refractivity (Wildman–Crippen MR) is 156 cm³/mol. The van der Waals surface area contributed by atoms with Crippen molar-refractivity contribution in [3.63, 3.8) is 0 Å². The molecule has 1 aliphatic carbocycles. The number of imide groups is 1. The molecule has 0 spiro atoms. The number of nitrogens with one attached hydrogen (secondary N) is 2. The van der Waals surface area contributed by atoms with E-state index in [1.165, 1.54) is 10.1 Å². The Balaban J connectivity index is 1.67. The van der Waals surface area contributed by atoms with E-state index >= 15 is 0 Å². The Morgan fingerprint density at radius 2 is 1.26 bits per heavy atom. The van der Waals surface area contributed by atoms with Crippen LogP contribution in [0.25, 0.3) is 0 Å². The molecule has 218 valence electrons. The molecular formula is C32H35N5O5. The zero-order valence-corrected chi connectivity index (χ0v) is 23.3. The third-order valence-electron chi connectivity index (χ3n) is 7.26. The van der Waals surface area contributed by atoms with E-state index in [4.69, 9.17) is 5.73 Å². The topological polar surface area (TPSA) is 142 Å². The number of hydrogen-bond donors (Lipinski definition) is 3. The molecule has 1 saturated carbocycles. The minimum atomic E-state index is -1.24. The monoisotopic (exact) mass is 569 g/mol. The van der Waals surface area contributed by atoms with Crippen molar-refractivity contribution in [3.8, 4) is 0 Å². The van der Waals surface area contributed by atoms with Crippen LogP contribution in [0.3, 0.4) is 0 Å². The number of nitrogens with zero attached hydrogens (tertiary/aromatic N) is 2. The molecule has 42 heavy (non-hydrogen) atoms. The molecule has 10 heteroatoms. The molecule has 4 rings (SSSR count). The molecule has 0 heterocycles. The summed E-state index contributed by atoms with van der Waals surface area (Å²) in [5.74, 6) is -5.54. The number of hydrazine groups is 2. The first-order valence-electron chi connectivity index (χ1n) is 14.0. The van der Waals surface area contributed by atoms with E-state index < -0.39 is 35.6 Å². The van der Waals surface area contributed by atoms with Crippen LogP contribution in [-0.4, -0.2) is 52.2 Å². The zero-order chi connectivity index (χ0) is 29.9. The standard InChI is InChI=1S/C32H35N5O5/c33-29(39)30(40)35-36(22-27(24-15-7-2-8-16-24)25-17-9-3-10-18-25)37(26-19-11-4-12-20-26)32(42)31(41)34-28(38)21-23-13-5-1-6-14-23/h1-3,5-10,13-18,26-27H,4,11-12,19-22H2,(H2,33,39)(H,35,40)(H,34,38,41). The molecule has 3 aromatic carbocycles. The second-order valence-electron chi connectivity index (χ2n) is 10.2. The largest absolute Gasteiger partial charge is 0.361 e. The molecule has 0 radical (unpaired) electrons. The number of nitrogens with two attached hydrogens (primary N) is 1. The fraction of sp³-hybridized carbons (Fsp3) is 0.281. The van der Waals surface area contributed by atoms with Gasteiger partial charge in [0.1, 0.15) is 0 Å². The number of carbonyl (C=O) groups excluding carboxylic acids is 5. The third-order valence-corrected chi connectivity index (χ3v) is 7.26. The fourth-order valence-corrected chi connectivity index (χ4v) is 5.21. The summed E-state index contributed by atoms with van der Waals surface area (Å²) >= 11 is 0. The van der Waals surface area contributed by atoms with Gasteiger partial charge in [0.2, 0.25) is 5.91 Å². The van der Waals surface area contributed by atoms with Gasteiger partial charge in [-0.15, -0.1) is 5.12 Å². The van der Waals surface area contributed by atoms with E-state index in [0.29, 0.717) is 18.4 Å². The van der Waals surface area contributed by atoms with Crippen molar-refractivity contribution in [2.75, 3.05) is 6.54 Å². The molecule has 4 N–H and O–H groups in total. The van der Waals surface area contributed by atoms with Gasteiger partial charge < -0.3 is 5.73 Å². The number of benzene rings is 3. The van der Waals surface area contributed by atoms with Gasteiger partial charge in [0, 0.05) is 5.92 Å². The van der Waals surface area contributed by atoms with E-state index in [0.717, 1.165) is 30.4 Å². The van der Waals surface area contributed by atoms with Gasteiger partial charge in [-0.2, -0.15) is 0 Å². The highest BCUT2D eigenvalue weighted by molar-refractivity contribution is 6.38. The summed E-state index contributed by atoms with van der Waals surface area (Å²) in [6, 6.07) is 27.4. The van der Waals surface area contributed by atoms with E-state index in [1.54, 1.807) is 24.3 Å². The second kappa shape index (κ2) is 14.7. The van der Waals surface area contributed by atoms with Crippen molar-refractivity contribution >= 4 is 29.5 Å². The first kappa shape index (κ1) is 30.1. The zero-order valence-electron chi connectivity index (χ0n) is 23.3. The number of hydrogen-bond acceptors (Lipinski definition) is 6. The van der Waals surface area contributed by atoms with Crippen LogP contribution < -0.4 is 16.5 Å². The molecule has 1 fully saturated rings. The maximum Gasteiger partial charge on any atom is 0.328 e. The summed E-state index contributed by atoms with van der Waals surface area (Å²) in [5, 5.41) is 4.60. The number of carbonyl (C=O) groups is 5. The Hall–Kier alpha value is -4.83. The van der Waals surface area contributed by atoms with Gasteiger partial charge in [-0.1, -0.05) is 110 Å². The van der Waals surface area contributed by atoms with Crippen molar-refractivity contribution < 1.29 is 24.0 Å². The maximum absolute atomic E-state index is 13.8. The van der Waals surface area contributed by atoms with Crippen molar-refractivity contribution in [1.29, 1.82) is 0 Å². The SMILES string of the molecule is NC(=O)C(=O)NN(CC(c1ccccc1)c1ccccc1)N(C(=O)C(=O)NC(=O)Cc1ccccc1)C1CCCCC1. The van der Waals surface area contributed by atoms with Gasteiger partial charge >= 0.3 is 23.6 Å². The Morgan fingerprint density at radius 3 is 1.79 bits per heavy atom. The van der Waals surface area contributed by atoms with Gasteiger partial charge in [-0.25, -0.2) is 5.01 Å². The van der Waals surface area contributed by atoms with Crippen molar-refractivity contribution in [3.05, 3.63) is 108 Å². The van der Waals surface area contributed by atoms with Gasteiger partial charge in [0.25, 0.3) is 0 Å². The van der Waals surface area contributed by atoms with Crippen LogP contribution in [0.5, 0.6) is 0 Å². The van der Waals surface area contributed by atoms with E-state index in [1.807, 2.05) is 66.7 Å². The van der Waals surface area contributed by atoms with Crippen LogP contribution in [0.2, 0.25) is 0 Å². The molecule has 1 aliphatic rings. The van der Waals surface area contributed by atoms with E-state index in [9.17, 15) is 24.0 Å². The lowest BCUT2D eigenvalue weighted by Crippen LogP contribution is -2.64. The average molecular weight is 570 g/mol. The van der Waals surface area contributed by atoms with Crippen LogP contribution >= 0.6 is 0 Å². The van der Waals surface area contributed by atoms with Crippen molar-refractivity contribution in [1.82, 2.24) is 20.9 Å². The van der Waals surface area contributed by atoms with Gasteiger partial charge in [-0.3, -0.25) is 34.7 Å². The number of rotatable bonds is 9. The van der Waals surface area contributed by atoms with Crippen LogP contribution in [-0.2, 0) is 30.4 Å².